The number of amides is 1. The van der Waals surface area contributed by atoms with Crippen LogP contribution in [0.4, 0.5) is 11.4 Å². The summed E-state index contributed by atoms with van der Waals surface area (Å²) in [5, 5.41) is 21.0. The first-order valence-corrected chi connectivity index (χ1v) is 8.75. The van der Waals surface area contributed by atoms with Crippen LogP contribution in [0.1, 0.15) is 37.1 Å². The highest BCUT2D eigenvalue weighted by Gasteiger charge is 2.28. The molecule has 0 saturated carbocycles. The van der Waals surface area contributed by atoms with E-state index in [1.165, 1.54) is 12.1 Å². The molecule has 1 amide bonds. The number of hydrogen-bond acceptors (Lipinski definition) is 5. The molecule has 26 heavy (non-hydrogen) atoms. The number of aromatic amines is 1. The molecule has 138 valence electrons. The van der Waals surface area contributed by atoms with Crippen molar-refractivity contribution in [1.82, 2.24) is 15.1 Å². The highest BCUT2D eigenvalue weighted by Crippen LogP contribution is 2.28. The predicted octanol–water partition coefficient (Wildman–Crippen LogP) is 2.83. The van der Waals surface area contributed by atoms with Crippen LogP contribution in [0.15, 0.2) is 30.3 Å². The van der Waals surface area contributed by atoms with E-state index >= 15 is 0 Å². The number of anilines is 1. The average molecular weight is 357 g/mol. The molecule has 3 rings (SSSR count). The Hall–Kier alpha value is -2.74. The highest BCUT2D eigenvalue weighted by atomic mass is 16.6. The minimum Gasteiger partial charge on any atom is -0.324 e. The Kier molecular flexibility index (Phi) is 5.32. The molecule has 1 fully saturated rings. The summed E-state index contributed by atoms with van der Waals surface area (Å²) in [4.78, 5) is 25.0. The molecule has 2 heterocycles. The van der Waals surface area contributed by atoms with Gasteiger partial charge in [0, 0.05) is 29.4 Å². The number of H-pyrrole nitrogens is 1. The standard InChI is InChI=1S/C18H23N5O3/c1-12-10-17(21-20-12)14-6-8-22(9-7-14)13(2)18(24)19-15-4-3-5-16(11-15)23(25)26/h3-5,10-11,13-14H,6-9H2,1-2H3,(H,19,24)(H,20,21)/t13-/m0/s1. The van der Waals surface area contributed by atoms with Crippen LogP contribution < -0.4 is 5.32 Å². The maximum absolute atomic E-state index is 12.5. The van der Waals surface area contributed by atoms with Crippen LogP contribution >= 0.6 is 0 Å². The Balaban J connectivity index is 1.56. The Morgan fingerprint density at radius 3 is 2.73 bits per heavy atom. The third kappa shape index (κ3) is 4.08. The molecule has 8 heteroatoms. The molecule has 0 radical (unpaired) electrons. The van der Waals surface area contributed by atoms with Crippen LogP contribution in [-0.2, 0) is 4.79 Å². The SMILES string of the molecule is Cc1cc(C2CCN([C@@H](C)C(=O)Nc3cccc([N+](=O)[O-])c3)CC2)n[nH]1. The van der Waals surface area contributed by atoms with Gasteiger partial charge in [0.15, 0.2) is 0 Å². The summed E-state index contributed by atoms with van der Waals surface area (Å²) >= 11 is 0. The highest BCUT2D eigenvalue weighted by molar-refractivity contribution is 5.94. The largest absolute Gasteiger partial charge is 0.324 e. The lowest BCUT2D eigenvalue weighted by atomic mass is 9.92. The topological polar surface area (TPSA) is 104 Å². The molecule has 1 saturated heterocycles. The third-order valence-electron chi connectivity index (χ3n) is 4.93. The first-order valence-electron chi connectivity index (χ1n) is 8.75. The lowest BCUT2D eigenvalue weighted by Crippen LogP contribution is -2.45. The van der Waals surface area contributed by atoms with Crippen molar-refractivity contribution >= 4 is 17.3 Å². The average Bonchev–Trinajstić information content (AvgIpc) is 3.08. The number of nitro groups is 1. The van der Waals surface area contributed by atoms with Crippen molar-refractivity contribution in [3.63, 3.8) is 0 Å². The molecule has 1 atom stereocenters. The van der Waals surface area contributed by atoms with Gasteiger partial charge in [-0.05, 0) is 51.9 Å². The number of non-ortho nitro benzene ring substituents is 1. The Morgan fingerprint density at radius 1 is 1.38 bits per heavy atom. The van der Waals surface area contributed by atoms with Crippen molar-refractivity contribution in [2.45, 2.75) is 38.6 Å². The minimum atomic E-state index is -0.472. The monoisotopic (exact) mass is 357 g/mol. The lowest BCUT2D eigenvalue weighted by molar-refractivity contribution is -0.384. The first kappa shape index (κ1) is 18.1. The molecule has 0 bridgehead atoms. The van der Waals surface area contributed by atoms with Crippen molar-refractivity contribution < 1.29 is 9.72 Å². The smallest absolute Gasteiger partial charge is 0.271 e. The van der Waals surface area contributed by atoms with Crippen LogP contribution in [0.3, 0.4) is 0 Å². The number of aryl methyl sites for hydroxylation is 1. The molecule has 0 unspecified atom stereocenters. The molecule has 1 aliphatic heterocycles. The van der Waals surface area contributed by atoms with Crippen LogP contribution in [0.2, 0.25) is 0 Å². The van der Waals surface area contributed by atoms with E-state index in [0.717, 1.165) is 37.3 Å². The Labute approximate surface area is 151 Å². The number of likely N-dealkylation sites (tertiary alicyclic amines) is 1. The lowest BCUT2D eigenvalue weighted by Gasteiger charge is -2.34. The molecule has 2 aromatic rings. The number of carbonyl (C=O) groups excluding carboxylic acids is 1. The van der Waals surface area contributed by atoms with Crippen LogP contribution in [0.25, 0.3) is 0 Å². The zero-order chi connectivity index (χ0) is 18.7. The van der Waals surface area contributed by atoms with E-state index in [1.807, 2.05) is 13.8 Å². The molecule has 1 aromatic heterocycles. The van der Waals surface area contributed by atoms with Gasteiger partial charge in [0.05, 0.1) is 16.7 Å². The van der Waals surface area contributed by atoms with E-state index in [4.69, 9.17) is 0 Å². The zero-order valence-corrected chi connectivity index (χ0v) is 14.9. The number of nitrogens with zero attached hydrogens (tertiary/aromatic N) is 3. The summed E-state index contributed by atoms with van der Waals surface area (Å²) in [5.74, 6) is 0.266. The number of nitro benzene ring substituents is 1. The van der Waals surface area contributed by atoms with E-state index in [-0.39, 0.29) is 17.6 Å². The van der Waals surface area contributed by atoms with Gasteiger partial charge in [-0.15, -0.1) is 0 Å². The maximum atomic E-state index is 12.5. The number of benzene rings is 1. The van der Waals surface area contributed by atoms with Gasteiger partial charge in [0.25, 0.3) is 5.69 Å². The fourth-order valence-corrected chi connectivity index (χ4v) is 3.34. The van der Waals surface area contributed by atoms with Gasteiger partial charge < -0.3 is 5.32 Å². The number of hydrogen-bond donors (Lipinski definition) is 2. The summed E-state index contributed by atoms with van der Waals surface area (Å²) in [7, 11) is 0. The van der Waals surface area contributed by atoms with Gasteiger partial charge >= 0.3 is 0 Å². The van der Waals surface area contributed by atoms with Crippen LogP contribution in [0.5, 0.6) is 0 Å². The van der Waals surface area contributed by atoms with E-state index in [9.17, 15) is 14.9 Å². The first-order chi connectivity index (χ1) is 12.4. The summed E-state index contributed by atoms with van der Waals surface area (Å²) in [6, 6.07) is 7.78. The molecule has 1 aliphatic rings. The van der Waals surface area contributed by atoms with Crippen molar-refractivity contribution in [3.8, 4) is 0 Å². The predicted molar refractivity (Wildman–Crippen MR) is 98.1 cm³/mol. The van der Waals surface area contributed by atoms with Crippen molar-refractivity contribution in [3.05, 3.63) is 51.8 Å². The third-order valence-corrected chi connectivity index (χ3v) is 4.93. The van der Waals surface area contributed by atoms with Gasteiger partial charge in [0.1, 0.15) is 0 Å². The van der Waals surface area contributed by atoms with E-state index < -0.39 is 4.92 Å². The minimum absolute atomic E-state index is 0.0365. The number of piperidine rings is 1. The van der Waals surface area contributed by atoms with E-state index in [0.29, 0.717) is 11.6 Å². The summed E-state index contributed by atoms with van der Waals surface area (Å²) < 4.78 is 0. The van der Waals surface area contributed by atoms with Gasteiger partial charge in [0.2, 0.25) is 5.91 Å². The second-order valence-electron chi connectivity index (χ2n) is 6.76. The summed E-state index contributed by atoms with van der Waals surface area (Å²) in [6.45, 7) is 5.50. The maximum Gasteiger partial charge on any atom is 0.271 e. The van der Waals surface area contributed by atoms with Gasteiger partial charge in [-0.1, -0.05) is 6.07 Å². The Bertz CT molecular complexity index is 796. The van der Waals surface area contributed by atoms with Crippen LogP contribution in [-0.4, -0.2) is 45.1 Å². The van der Waals surface area contributed by atoms with Gasteiger partial charge in [-0.2, -0.15) is 5.10 Å². The van der Waals surface area contributed by atoms with Crippen LogP contribution in [0, 0.1) is 17.0 Å². The number of aromatic nitrogens is 2. The fourth-order valence-electron chi connectivity index (χ4n) is 3.34. The summed E-state index contributed by atoms with van der Waals surface area (Å²) in [5.41, 5.74) is 2.56. The van der Waals surface area contributed by atoms with Crippen molar-refractivity contribution in [2.24, 2.45) is 0 Å². The molecule has 0 aliphatic carbocycles. The molecule has 1 aromatic carbocycles. The fraction of sp³-hybridized carbons (Fsp3) is 0.444. The van der Waals surface area contributed by atoms with E-state index in [1.54, 1.807) is 12.1 Å². The van der Waals surface area contributed by atoms with Gasteiger partial charge in [-0.25, -0.2) is 0 Å². The molecular weight excluding hydrogens is 334 g/mol. The summed E-state index contributed by atoms with van der Waals surface area (Å²) in [6.07, 6.45) is 1.91. The second-order valence-corrected chi connectivity index (χ2v) is 6.76. The molecule has 0 spiro atoms. The second kappa shape index (κ2) is 7.65. The van der Waals surface area contributed by atoms with Crippen molar-refractivity contribution in [1.29, 1.82) is 0 Å². The van der Waals surface area contributed by atoms with E-state index in [2.05, 4.69) is 26.5 Å². The number of carbonyl (C=O) groups is 1. The molecular formula is C18H23N5O3. The molecule has 2 N–H and O–H groups in total. The zero-order valence-electron chi connectivity index (χ0n) is 14.9. The number of nitrogens with one attached hydrogen (secondary N) is 2. The normalized spacial score (nSPS) is 17.0. The number of rotatable bonds is 5. The van der Waals surface area contributed by atoms with Crippen molar-refractivity contribution in [2.75, 3.05) is 18.4 Å². The van der Waals surface area contributed by atoms with Gasteiger partial charge in [-0.3, -0.25) is 24.9 Å². The quantitative estimate of drug-likeness (QED) is 0.632. The molecule has 8 nitrogen and oxygen atoms in total. The Morgan fingerprint density at radius 2 is 2.12 bits per heavy atom.